The van der Waals surface area contributed by atoms with Crippen LogP contribution in [-0.2, 0) is 6.42 Å². The van der Waals surface area contributed by atoms with Crippen LogP contribution in [0.15, 0.2) is 29.9 Å². The minimum Gasteiger partial charge on any atom is -0.306 e. The van der Waals surface area contributed by atoms with Crippen molar-refractivity contribution in [3.63, 3.8) is 0 Å². The number of hydrogen-bond acceptors (Lipinski definition) is 3. The summed E-state index contributed by atoms with van der Waals surface area (Å²) in [6.45, 7) is 7.63. The summed E-state index contributed by atoms with van der Waals surface area (Å²) < 4.78 is 0. The van der Waals surface area contributed by atoms with Gasteiger partial charge in [0, 0.05) is 17.3 Å². The van der Waals surface area contributed by atoms with Crippen molar-refractivity contribution in [1.29, 1.82) is 0 Å². The van der Waals surface area contributed by atoms with Gasteiger partial charge in [-0.3, -0.25) is 4.98 Å². The molecular weight excluding hydrogens is 252 g/mol. The molecule has 1 N–H and O–H groups in total. The Morgan fingerprint density at radius 2 is 2.16 bits per heavy atom. The predicted octanol–water partition coefficient (Wildman–Crippen LogP) is 4.10. The maximum absolute atomic E-state index is 4.26. The summed E-state index contributed by atoms with van der Waals surface area (Å²) in [6, 6.07) is 4.66. The Bertz CT molecular complexity index is 519. The number of nitrogens with one attached hydrogen (secondary N) is 1. The van der Waals surface area contributed by atoms with E-state index < -0.39 is 0 Å². The zero-order chi connectivity index (χ0) is 13.7. The van der Waals surface area contributed by atoms with Crippen molar-refractivity contribution in [2.45, 2.75) is 39.7 Å². The highest BCUT2D eigenvalue weighted by atomic mass is 32.1. The average Bonchev–Trinajstić information content (AvgIpc) is 2.86. The standard InChI is InChI=1S/C16H22N2S/c1-4-8-18-15(16-12(3)7-10-19-16)14-6-9-17-11-13(14)5-2/h6-7,9-11,15,18H,4-5,8H2,1-3H3. The lowest BCUT2D eigenvalue weighted by Gasteiger charge is -2.21. The van der Waals surface area contributed by atoms with Crippen LogP contribution in [0.25, 0.3) is 0 Å². The number of rotatable bonds is 6. The van der Waals surface area contributed by atoms with Gasteiger partial charge in [-0.05, 0) is 60.5 Å². The Balaban J connectivity index is 2.40. The fourth-order valence-electron chi connectivity index (χ4n) is 2.33. The van der Waals surface area contributed by atoms with Gasteiger partial charge in [0.1, 0.15) is 0 Å². The number of nitrogens with zero attached hydrogens (tertiary/aromatic N) is 1. The van der Waals surface area contributed by atoms with Crippen LogP contribution in [0.2, 0.25) is 0 Å². The molecule has 2 aromatic rings. The molecule has 0 aliphatic carbocycles. The molecule has 1 atom stereocenters. The second kappa shape index (κ2) is 6.83. The normalized spacial score (nSPS) is 12.6. The molecule has 2 nitrogen and oxygen atoms in total. The van der Waals surface area contributed by atoms with Crippen LogP contribution in [0.1, 0.15) is 47.9 Å². The maximum atomic E-state index is 4.26. The summed E-state index contributed by atoms with van der Waals surface area (Å²) in [5, 5.41) is 5.86. The van der Waals surface area contributed by atoms with Crippen LogP contribution in [0.5, 0.6) is 0 Å². The molecule has 0 saturated heterocycles. The lowest BCUT2D eigenvalue weighted by molar-refractivity contribution is 0.599. The van der Waals surface area contributed by atoms with Gasteiger partial charge in [-0.2, -0.15) is 0 Å². The molecule has 0 amide bonds. The molecule has 19 heavy (non-hydrogen) atoms. The van der Waals surface area contributed by atoms with E-state index in [0.29, 0.717) is 6.04 Å². The Morgan fingerprint density at radius 1 is 1.32 bits per heavy atom. The van der Waals surface area contributed by atoms with Gasteiger partial charge in [0.2, 0.25) is 0 Å². The first-order chi connectivity index (χ1) is 9.27. The third-order valence-corrected chi connectivity index (χ3v) is 4.48. The average molecular weight is 274 g/mol. The SMILES string of the molecule is CCCNC(c1ccncc1CC)c1sccc1C. The lowest BCUT2D eigenvalue weighted by Crippen LogP contribution is -2.24. The molecule has 0 aliphatic heterocycles. The molecule has 102 valence electrons. The van der Waals surface area contributed by atoms with Gasteiger partial charge in [0.15, 0.2) is 0 Å². The molecular formula is C16H22N2S. The van der Waals surface area contributed by atoms with Gasteiger partial charge in [-0.15, -0.1) is 11.3 Å². The quantitative estimate of drug-likeness (QED) is 0.857. The first kappa shape index (κ1) is 14.2. The highest BCUT2D eigenvalue weighted by molar-refractivity contribution is 7.10. The molecule has 0 aliphatic rings. The monoisotopic (exact) mass is 274 g/mol. The Hall–Kier alpha value is -1.19. The van der Waals surface area contributed by atoms with Crippen LogP contribution in [0.3, 0.4) is 0 Å². The van der Waals surface area contributed by atoms with Crippen molar-refractivity contribution in [3.05, 3.63) is 51.5 Å². The molecule has 2 heterocycles. The minimum atomic E-state index is 0.304. The molecule has 0 fully saturated rings. The maximum Gasteiger partial charge on any atom is 0.0677 e. The van der Waals surface area contributed by atoms with E-state index in [2.05, 4.69) is 48.6 Å². The summed E-state index contributed by atoms with van der Waals surface area (Å²) >= 11 is 1.84. The predicted molar refractivity (Wildman–Crippen MR) is 82.8 cm³/mol. The Kier molecular flexibility index (Phi) is 5.11. The van der Waals surface area contributed by atoms with Crippen molar-refractivity contribution >= 4 is 11.3 Å². The van der Waals surface area contributed by atoms with Crippen LogP contribution in [0.4, 0.5) is 0 Å². The largest absolute Gasteiger partial charge is 0.306 e. The summed E-state index contributed by atoms with van der Waals surface area (Å²) in [5.41, 5.74) is 4.08. The van der Waals surface area contributed by atoms with Crippen LogP contribution in [-0.4, -0.2) is 11.5 Å². The van der Waals surface area contributed by atoms with Crippen LogP contribution in [0, 0.1) is 6.92 Å². The molecule has 1 unspecified atom stereocenters. The molecule has 0 bridgehead atoms. The second-order valence-corrected chi connectivity index (χ2v) is 5.73. The Morgan fingerprint density at radius 3 is 2.79 bits per heavy atom. The first-order valence-electron chi connectivity index (χ1n) is 6.98. The van der Waals surface area contributed by atoms with Crippen molar-refractivity contribution < 1.29 is 0 Å². The van der Waals surface area contributed by atoms with Crippen LogP contribution >= 0.6 is 11.3 Å². The van der Waals surface area contributed by atoms with E-state index in [9.17, 15) is 0 Å². The van der Waals surface area contributed by atoms with E-state index in [1.165, 1.54) is 21.6 Å². The highest BCUT2D eigenvalue weighted by Gasteiger charge is 2.19. The number of aromatic nitrogens is 1. The van der Waals surface area contributed by atoms with E-state index in [4.69, 9.17) is 0 Å². The Labute approximate surface area is 119 Å². The van der Waals surface area contributed by atoms with E-state index in [0.717, 1.165) is 19.4 Å². The third-order valence-electron chi connectivity index (χ3n) is 3.40. The molecule has 3 heteroatoms. The number of pyridine rings is 1. The van der Waals surface area contributed by atoms with Gasteiger partial charge in [0.25, 0.3) is 0 Å². The van der Waals surface area contributed by atoms with E-state index in [1.807, 2.05) is 23.7 Å². The van der Waals surface area contributed by atoms with Crippen molar-refractivity contribution in [3.8, 4) is 0 Å². The van der Waals surface area contributed by atoms with E-state index >= 15 is 0 Å². The van der Waals surface area contributed by atoms with Crippen LogP contribution < -0.4 is 5.32 Å². The van der Waals surface area contributed by atoms with Gasteiger partial charge >= 0.3 is 0 Å². The smallest absolute Gasteiger partial charge is 0.0677 e. The zero-order valence-electron chi connectivity index (χ0n) is 11.9. The lowest BCUT2D eigenvalue weighted by atomic mass is 9.98. The van der Waals surface area contributed by atoms with E-state index in [1.54, 1.807) is 0 Å². The summed E-state index contributed by atoms with van der Waals surface area (Å²) in [7, 11) is 0. The third kappa shape index (κ3) is 3.23. The number of thiophene rings is 1. The molecule has 0 radical (unpaired) electrons. The van der Waals surface area contributed by atoms with Gasteiger partial charge in [-0.25, -0.2) is 0 Å². The number of aryl methyl sites for hydroxylation is 2. The second-order valence-electron chi connectivity index (χ2n) is 4.78. The van der Waals surface area contributed by atoms with Gasteiger partial charge in [-0.1, -0.05) is 13.8 Å². The summed E-state index contributed by atoms with van der Waals surface area (Å²) in [6.07, 6.45) is 6.07. The fraction of sp³-hybridized carbons (Fsp3) is 0.438. The van der Waals surface area contributed by atoms with Crippen molar-refractivity contribution in [1.82, 2.24) is 10.3 Å². The minimum absolute atomic E-state index is 0.304. The number of hydrogen-bond donors (Lipinski definition) is 1. The van der Waals surface area contributed by atoms with Gasteiger partial charge in [0.05, 0.1) is 6.04 Å². The van der Waals surface area contributed by atoms with E-state index in [-0.39, 0.29) is 0 Å². The fourth-order valence-corrected chi connectivity index (χ4v) is 3.35. The topological polar surface area (TPSA) is 24.9 Å². The van der Waals surface area contributed by atoms with Crippen molar-refractivity contribution in [2.24, 2.45) is 0 Å². The molecule has 0 aromatic carbocycles. The van der Waals surface area contributed by atoms with Gasteiger partial charge < -0.3 is 5.32 Å². The van der Waals surface area contributed by atoms with Crippen molar-refractivity contribution in [2.75, 3.05) is 6.54 Å². The molecule has 0 saturated carbocycles. The molecule has 0 spiro atoms. The zero-order valence-corrected chi connectivity index (χ0v) is 12.8. The first-order valence-corrected chi connectivity index (χ1v) is 7.86. The summed E-state index contributed by atoms with van der Waals surface area (Å²) in [4.78, 5) is 5.68. The molecule has 2 aromatic heterocycles. The highest BCUT2D eigenvalue weighted by Crippen LogP contribution is 2.31. The molecule has 2 rings (SSSR count). The summed E-state index contributed by atoms with van der Waals surface area (Å²) in [5.74, 6) is 0.